The number of nitrogens with zero attached hydrogens (tertiary/aromatic N) is 2. The molecule has 7 heteroatoms. The Morgan fingerprint density at radius 1 is 1.53 bits per heavy atom. The third-order valence-electron chi connectivity index (χ3n) is 2.33. The van der Waals surface area contributed by atoms with E-state index in [1.807, 2.05) is 0 Å². The van der Waals surface area contributed by atoms with Crippen LogP contribution in [0.5, 0.6) is 0 Å². The molecule has 0 amide bonds. The van der Waals surface area contributed by atoms with Crippen LogP contribution in [0.1, 0.15) is 6.92 Å². The topological polar surface area (TPSA) is 82.5 Å². The lowest BCUT2D eigenvalue weighted by Crippen LogP contribution is -2.33. The largest absolute Gasteiger partial charge is 0.395 e. The Labute approximate surface area is 101 Å². The Kier molecular flexibility index (Phi) is 4.86. The highest BCUT2D eigenvalue weighted by Gasteiger charge is 2.22. The number of nitrogens with one attached hydrogen (secondary N) is 1. The van der Waals surface area contributed by atoms with Crippen molar-refractivity contribution in [2.75, 3.05) is 32.1 Å². The van der Waals surface area contributed by atoms with Crippen molar-refractivity contribution >= 4 is 15.8 Å². The van der Waals surface area contributed by atoms with E-state index in [1.165, 1.54) is 22.6 Å². The van der Waals surface area contributed by atoms with Crippen LogP contribution in [0.2, 0.25) is 0 Å². The number of likely N-dealkylation sites (N-methyl/N-ethyl adjacent to an activating group) is 1. The van der Waals surface area contributed by atoms with Gasteiger partial charge in [0.2, 0.25) is 10.0 Å². The summed E-state index contributed by atoms with van der Waals surface area (Å²) in [6.07, 6.45) is 1.44. The van der Waals surface area contributed by atoms with Gasteiger partial charge in [-0.3, -0.25) is 0 Å². The number of rotatable bonds is 6. The first-order valence-corrected chi connectivity index (χ1v) is 6.75. The molecule has 6 nitrogen and oxygen atoms in total. The SMILES string of the molecule is CCN(CCO)S(=O)(=O)c1ccnc(NC)c1. The second-order valence-electron chi connectivity index (χ2n) is 3.35. The number of pyridine rings is 1. The Morgan fingerprint density at radius 3 is 2.76 bits per heavy atom. The molecule has 0 bridgehead atoms. The van der Waals surface area contributed by atoms with E-state index in [1.54, 1.807) is 14.0 Å². The van der Waals surface area contributed by atoms with Crippen LogP contribution in [0.3, 0.4) is 0 Å². The first kappa shape index (κ1) is 13.9. The third-order valence-corrected chi connectivity index (χ3v) is 4.30. The molecule has 0 unspecified atom stereocenters. The van der Waals surface area contributed by atoms with Gasteiger partial charge in [-0.05, 0) is 6.07 Å². The summed E-state index contributed by atoms with van der Waals surface area (Å²) < 4.78 is 25.6. The van der Waals surface area contributed by atoms with Gasteiger partial charge in [-0.25, -0.2) is 13.4 Å². The molecule has 0 saturated carbocycles. The molecule has 0 atom stereocenters. The van der Waals surface area contributed by atoms with Crippen LogP contribution in [-0.4, -0.2) is 49.6 Å². The Hall–Kier alpha value is -1.18. The minimum absolute atomic E-state index is 0.0933. The average molecular weight is 259 g/mol. The van der Waals surface area contributed by atoms with Crippen LogP contribution >= 0.6 is 0 Å². The fourth-order valence-corrected chi connectivity index (χ4v) is 2.87. The highest BCUT2D eigenvalue weighted by molar-refractivity contribution is 7.89. The zero-order valence-corrected chi connectivity index (χ0v) is 10.7. The molecule has 1 rings (SSSR count). The quantitative estimate of drug-likeness (QED) is 0.758. The highest BCUT2D eigenvalue weighted by Crippen LogP contribution is 2.17. The fraction of sp³-hybridized carbons (Fsp3) is 0.500. The summed E-state index contributed by atoms with van der Waals surface area (Å²) in [5, 5.41) is 11.6. The normalized spacial score (nSPS) is 11.8. The summed E-state index contributed by atoms with van der Waals surface area (Å²) in [4.78, 5) is 4.13. The van der Waals surface area contributed by atoms with Crippen molar-refractivity contribution in [2.24, 2.45) is 0 Å². The number of aliphatic hydroxyl groups is 1. The third kappa shape index (κ3) is 3.15. The molecule has 0 aliphatic heterocycles. The van der Waals surface area contributed by atoms with Gasteiger partial charge < -0.3 is 10.4 Å². The van der Waals surface area contributed by atoms with Gasteiger partial charge in [-0.15, -0.1) is 0 Å². The van der Waals surface area contributed by atoms with E-state index in [9.17, 15) is 8.42 Å². The molecule has 0 saturated heterocycles. The lowest BCUT2D eigenvalue weighted by molar-refractivity contribution is 0.257. The number of aliphatic hydroxyl groups excluding tert-OH is 1. The van der Waals surface area contributed by atoms with E-state index in [4.69, 9.17) is 5.11 Å². The smallest absolute Gasteiger partial charge is 0.243 e. The molecule has 2 N–H and O–H groups in total. The van der Waals surface area contributed by atoms with Crippen LogP contribution in [0.25, 0.3) is 0 Å². The van der Waals surface area contributed by atoms with Crippen LogP contribution in [0, 0.1) is 0 Å². The van der Waals surface area contributed by atoms with Crippen LogP contribution in [0.15, 0.2) is 23.2 Å². The number of hydrogen-bond donors (Lipinski definition) is 2. The van der Waals surface area contributed by atoms with E-state index in [0.717, 1.165) is 0 Å². The van der Waals surface area contributed by atoms with Crippen molar-refractivity contribution in [1.82, 2.24) is 9.29 Å². The molecule has 0 radical (unpaired) electrons. The Bertz CT molecular complexity index is 462. The maximum atomic E-state index is 12.2. The molecule has 0 aliphatic carbocycles. The zero-order valence-electron chi connectivity index (χ0n) is 9.92. The van der Waals surface area contributed by atoms with E-state index >= 15 is 0 Å². The monoisotopic (exact) mass is 259 g/mol. The molecule has 1 heterocycles. The molecule has 0 fully saturated rings. The van der Waals surface area contributed by atoms with Crippen molar-refractivity contribution in [2.45, 2.75) is 11.8 Å². The molecule has 1 aromatic heterocycles. The summed E-state index contributed by atoms with van der Waals surface area (Å²) >= 11 is 0. The Morgan fingerprint density at radius 2 is 2.24 bits per heavy atom. The molecular formula is C10H17N3O3S. The van der Waals surface area contributed by atoms with E-state index in [-0.39, 0.29) is 18.0 Å². The number of hydrogen-bond acceptors (Lipinski definition) is 5. The van der Waals surface area contributed by atoms with Gasteiger partial charge in [0.15, 0.2) is 0 Å². The number of aromatic nitrogens is 1. The van der Waals surface area contributed by atoms with E-state index in [0.29, 0.717) is 12.4 Å². The lowest BCUT2D eigenvalue weighted by Gasteiger charge is -2.19. The minimum Gasteiger partial charge on any atom is -0.395 e. The van der Waals surface area contributed by atoms with E-state index in [2.05, 4.69) is 10.3 Å². The van der Waals surface area contributed by atoms with Crippen LogP contribution < -0.4 is 5.32 Å². The van der Waals surface area contributed by atoms with Gasteiger partial charge in [0.25, 0.3) is 0 Å². The number of anilines is 1. The predicted molar refractivity (Wildman–Crippen MR) is 65.3 cm³/mol. The maximum absolute atomic E-state index is 12.2. The molecule has 0 spiro atoms. The Balaban J connectivity index is 3.10. The van der Waals surface area contributed by atoms with Crippen molar-refractivity contribution in [3.05, 3.63) is 18.3 Å². The van der Waals surface area contributed by atoms with Crippen molar-refractivity contribution in [3.63, 3.8) is 0 Å². The first-order chi connectivity index (χ1) is 8.06. The van der Waals surface area contributed by atoms with Gasteiger partial charge in [0, 0.05) is 32.4 Å². The summed E-state index contributed by atoms with van der Waals surface area (Å²) in [6, 6.07) is 2.91. The zero-order chi connectivity index (χ0) is 12.9. The van der Waals surface area contributed by atoms with Gasteiger partial charge in [-0.2, -0.15) is 4.31 Å². The summed E-state index contributed by atoms with van der Waals surface area (Å²) in [6.45, 7) is 1.95. The first-order valence-electron chi connectivity index (χ1n) is 5.31. The van der Waals surface area contributed by atoms with Crippen molar-refractivity contribution in [3.8, 4) is 0 Å². The second kappa shape index (κ2) is 5.95. The number of sulfonamides is 1. The van der Waals surface area contributed by atoms with Gasteiger partial charge in [0.05, 0.1) is 11.5 Å². The summed E-state index contributed by atoms with van der Waals surface area (Å²) in [5.74, 6) is 0.492. The highest BCUT2D eigenvalue weighted by atomic mass is 32.2. The second-order valence-corrected chi connectivity index (χ2v) is 5.29. The maximum Gasteiger partial charge on any atom is 0.243 e. The summed E-state index contributed by atoms with van der Waals surface area (Å²) in [5.41, 5.74) is 0. The molecule has 0 aliphatic rings. The van der Waals surface area contributed by atoms with Crippen LogP contribution in [-0.2, 0) is 10.0 Å². The van der Waals surface area contributed by atoms with E-state index < -0.39 is 10.0 Å². The lowest BCUT2D eigenvalue weighted by atomic mass is 10.5. The van der Waals surface area contributed by atoms with Gasteiger partial charge >= 0.3 is 0 Å². The van der Waals surface area contributed by atoms with Gasteiger partial charge in [-0.1, -0.05) is 6.92 Å². The molecule has 17 heavy (non-hydrogen) atoms. The molecular weight excluding hydrogens is 242 g/mol. The molecule has 96 valence electrons. The molecule has 1 aromatic rings. The summed E-state index contributed by atoms with van der Waals surface area (Å²) in [7, 11) is -1.88. The van der Waals surface area contributed by atoms with Crippen molar-refractivity contribution < 1.29 is 13.5 Å². The predicted octanol–water partition coefficient (Wildman–Crippen LogP) is 0.126. The average Bonchev–Trinajstić information content (AvgIpc) is 2.35. The fourth-order valence-electron chi connectivity index (χ4n) is 1.42. The van der Waals surface area contributed by atoms with Crippen LogP contribution in [0.4, 0.5) is 5.82 Å². The van der Waals surface area contributed by atoms with Gasteiger partial charge in [0.1, 0.15) is 5.82 Å². The minimum atomic E-state index is -3.55. The standard InChI is InChI=1S/C10H17N3O3S/c1-3-13(6-7-14)17(15,16)9-4-5-12-10(8-9)11-2/h4-5,8,14H,3,6-7H2,1-2H3,(H,11,12). The van der Waals surface area contributed by atoms with Crippen molar-refractivity contribution in [1.29, 1.82) is 0 Å². The molecule has 0 aromatic carbocycles.